The molecule has 0 aromatic heterocycles. The fraction of sp³-hybridized carbons (Fsp3) is 0.306. The molecule has 3 aromatic rings. The topological polar surface area (TPSA) is 6.25 Å². The van der Waals surface area contributed by atoms with Crippen molar-refractivity contribution in [1.29, 1.82) is 0 Å². The SMILES string of the molecule is CN1/C(=C\C=C2/CCCC(C=CC3=[N+](C)c4ccc5ccccc5c4C3(C)C)=C2Cl)C(C)(C)c2ccccc21. The molecule has 0 fully saturated rings. The number of rotatable bonds is 3. The molecule has 2 aliphatic heterocycles. The Hall–Kier alpha value is -3.36. The van der Waals surface area contributed by atoms with Crippen molar-refractivity contribution in [2.24, 2.45) is 0 Å². The third-order valence-corrected chi connectivity index (χ3v) is 9.66. The Bertz CT molecular complexity index is 1660. The summed E-state index contributed by atoms with van der Waals surface area (Å²) in [7, 11) is 4.36. The highest BCUT2D eigenvalue weighted by Gasteiger charge is 2.44. The van der Waals surface area contributed by atoms with E-state index < -0.39 is 0 Å². The van der Waals surface area contributed by atoms with Crippen molar-refractivity contribution in [3.63, 3.8) is 0 Å². The number of hydrogen-bond donors (Lipinski definition) is 0. The molecule has 2 heterocycles. The lowest BCUT2D eigenvalue weighted by Crippen LogP contribution is -2.27. The van der Waals surface area contributed by atoms with Crippen LogP contribution >= 0.6 is 11.6 Å². The summed E-state index contributed by atoms with van der Waals surface area (Å²) >= 11 is 7.09. The van der Waals surface area contributed by atoms with Gasteiger partial charge in [0.25, 0.3) is 0 Å². The number of para-hydroxylation sites is 1. The molecule has 0 bridgehead atoms. The third kappa shape index (κ3) is 4.03. The summed E-state index contributed by atoms with van der Waals surface area (Å²) in [6, 6.07) is 21.9. The lowest BCUT2D eigenvalue weighted by Gasteiger charge is -2.24. The van der Waals surface area contributed by atoms with Crippen LogP contribution in [0, 0.1) is 0 Å². The summed E-state index contributed by atoms with van der Waals surface area (Å²) in [6.45, 7) is 9.30. The van der Waals surface area contributed by atoms with Crippen LogP contribution < -0.4 is 4.90 Å². The maximum atomic E-state index is 7.09. The number of fused-ring (bicyclic) bond motifs is 4. The first-order chi connectivity index (χ1) is 18.6. The highest BCUT2D eigenvalue weighted by molar-refractivity contribution is 6.32. The minimum atomic E-state index is -0.0973. The number of likely N-dealkylation sites (N-methyl/N-ethyl adjacent to an activating group) is 1. The molecule has 0 saturated heterocycles. The first kappa shape index (κ1) is 25.9. The number of halogens is 1. The second kappa shape index (κ2) is 9.38. The zero-order valence-corrected chi connectivity index (χ0v) is 24.7. The maximum Gasteiger partial charge on any atom is 0.210 e. The number of benzene rings is 3. The van der Waals surface area contributed by atoms with Crippen molar-refractivity contribution >= 4 is 39.5 Å². The Kier molecular flexibility index (Phi) is 6.23. The highest BCUT2D eigenvalue weighted by atomic mass is 35.5. The van der Waals surface area contributed by atoms with E-state index in [4.69, 9.17) is 11.6 Å². The Morgan fingerprint density at radius 1 is 0.846 bits per heavy atom. The second-order valence-electron chi connectivity index (χ2n) is 12.2. The molecule has 3 heteroatoms. The van der Waals surface area contributed by atoms with Gasteiger partial charge in [-0.25, -0.2) is 0 Å². The molecule has 2 nitrogen and oxygen atoms in total. The van der Waals surface area contributed by atoms with Crippen LogP contribution in [0.2, 0.25) is 0 Å². The Morgan fingerprint density at radius 3 is 2.38 bits per heavy atom. The average Bonchev–Trinajstić information content (AvgIpc) is 3.25. The summed E-state index contributed by atoms with van der Waals surface area (Å²) < 4.78 is 2.35. The standard InChI is InChI=1S/C36H38ClN2/c1-35(2)28-16-9-10-17-29(28)38(5)31(35)22-19-25-13-11-14-26(34(25)37)20-23-32-36(3,4)33-27-15-8-7-12-24(27)18-21-30(33)39(32)6/h7-10,12,15-23H,11,13-14H2,1-6H3/q+1. The minimum absolute atomic E-state index is 0.0373. The molecule has 3 aliphatic rings. The summed E-state index contributed by atoms with van der Waals surface area (Å²) in [5, 5.41) is 3.54. The molecule has 39 heavy (non-hydrogen) atoms. The molecule has 0 amide bonds. The molecule has 0 spiro atoms. The van der Waals surface area contributed by atoms with Gasteiger partial charge < -0.3 is 4.90 Å². The second-order valence-corrected chi connectivity index (χ2v) is 12.6. The smallest absolute Gasteiger partial charge is 0.210 e. The molecule has 198 valence electrons. The van der Waals surface area contributed by atoms with Crippen LogP contribution in [0.5, 0.6) is 0 Å². The van der Waals surface area contributed by atoms with Crippen molar-refractivity contribution in [2.75, 3.05) is 19.0 Å². The lowest BCUT2D eigenvalue weighted by molar-refractivity contribution is -0.401. The van der Waals surface area contributed by atoms with Crippen molar-refractivity contribution in [3.8, 4) is 0 Å². The Balaban J connectivity index is 1.33. The molecule has 6 rings (SSSR count). The first-order valence-electron chi connectivity index (χ1n) is 14.1. The quantitative estimate of drug-likeness (QED) is 0.304. The van der Waals surface area contributed by atoms with Gasteiger partial charge in [-0.05, 0) is 78.8 Å². The van der Waals surface area contributed by atoms with Crippen molar-refractivity contribution in [1.82, 2.24) is 0 Å². The van der Waals surface area contributed by atoms with Crippen LogP contribution in [-0.4, -0.2) is 24.4 Å². The van der Waals surface area contributed by atoms with E-state index in [1.54, 1.807) is 0 Å². The van der Waals surface area contributed by atoms with Gasteiger partial charge in [-0.3, -0.25) is 0 Å². The van der Waals surface area contributed by atoms with E-state index in [9.17, 15) is 0 Å². The number of hydrogen-bond acceptors (Lipinski definition) is 1. The van der Waals surface area contributed by atoms with E-state index in [0.29, 0.717) is 0 Å². The number of nitrogens with zero attached hydrogens (tertiary/aromatic N) is 2. The zero-order valence-electron chi connectivity index (χ0n) is 24.0. The van der Waals surface area contributed by atoms with Gasteiger partial charge in [-0.1, -0.05) is 80.1 Å². The lowest BCUT2D eigenvalue weighted by atomic mass is 9.79. The van der Waals surface area contributed by atoms with Gasteiger partial charge in [0.15, 0.2) is 5.71 Å². The van der Waals surface area contributed by atoms with Crippen LogP contribution in [-0.2, 0) is 10.8 Å². The summed E-state index contributed by atoms with van der Waals surface area (Å²) in [5.41, 5.74) is 10.3. The number of allylic oxidation sites excluding steroid dienone is 8. The van der Waals surface area contributed by atoms with E-state index in [1.165, 1.54) is 55.8 Å². The van der Waals surface area contributed by atoms with Crippen molar-refractivity contribution in [2.45, 2.75) is 57.8 Å². The Labute approximate surface area is 238 Å². The Morgan fingerprint density at radius 2 is 1.59 bits per heavy atom. The van der Waals surface area contributed by atoms with Crippen LogP contribution in [0.25, 0.3) is 10.8 Å². The number of anilines is 1. The largest absolute Gasteiger partial charge is 0.347 e. The van der Waals surface area contributed by atoms with E-state index in [1.807, 2.05) is 0 Å². The summed E-state index contributed by atoms with van der Waals surface area (Å²) in [5.74, 6) is 0. The van der Waals surface area contributed by atoms with Crippen LogP contribution in [0.1, 0.15) is 58.1 Å². The van der Waals surface area contributed by atoms with Gasteiger partial charge in [0, 0.05) is 46.6 Å². The van der Waals surface area contributed by atoms with E-state index in [0.717, 1.165) is 24.3 Å². The predicted molar refractivity (Wildman–Crippen MR) is 168 cm³/mol. The zero-order chi connectivity index (χ0) is 27.5. The minimum Gasteiger partial charge on any atom is -0.347 e. The molecular weight excluding hydrogens is 496 g/mol. The summed E-state index contributed by atoms with van der Waals surface area (Å²) in [6.07, 6.45) is 12.3. The van der Waals surface area contributed by atoms with Crippen LogP contribution in [0.15, 0.2) is 107 Å². The normalized spacial score (nSPS) is 22.1. The van der Waals surface area contributed by atoms with Gasteiger partial charge in [0.1, 0.15) is 7.05 Å². The van der Waals surface area contributed by atoms with Gasteiger partial charge in [0.2, 0.25) is 5.69 Å². The molecule has 0 N–H and O–H groups in total. The van der Waals surface area contributed by atoms with Crippen molar-refractivity contribution < 1.29 is 4.58 Å². The molecule has 3 aromatic carbocycles. The molecule has 0 radical (unpaired) electrons. The predicted octanol–water partition coefficient (Wildman–Crippen LogP) is 9.32. The van der Waals surface area contributed by atoms with Gasteiger partial charge in [-0.15, -0.1) is 0 Å². The third-order valence-electron chi connectivity index (χ3n) is 9.18. The van der Waals surface area contributed by atoms with Gasteiger partial charge >= 0.3 is 0 Å². The van der Waals surface area contributed by atoms with Crippen LogP contribution in [0.3, 0.4) is 0 Å². The monoisotopic (exact) mass is 533 g/mol. The van der Waals surface area contributed by atoms with E-state index >= 15 is 0 Å². The first-order valence-corrected chi connectivity index (χ1v) is 14.4. The molecule has 0 atom stereocenters. The molecular formula is C36H38ClN2+. The molecule has 1 aliphatic carbocycles. The summed E-state index contributed by atoms with van der Waals surface area (Å²) in [4.78, 5) is 2.32. The van der Waals surface area contributed by atoms with E-state index in [2.05, 4.69) is 136 Å². The fourth-order valence-electron chi connectivity index (χ4n) is 7.06. The molecule has 0 saturated carbocycles. The fourth-order valence-corrected chi connectivity index (χ4v) is 7.38. The maximum absolute atomic E-state index is 7.09. The average molecular weight is 534 g/mol. The molecule has 0 unspecified atom stereocenters. The van der Waals surface area contributed by atoms with E-state index in [-0.39, 0.29) is 10.8 Å². The van der Waals surface area contributed by atoms with Crippen molar-refractivity contribution in [3.05, 3.63) is 118 Å². The van der Waals surface area contributed by atoms with Gasteiger partial charge in [0.05, 0.1) is 5.41 Å². The van der Waals surface area contributed by atoms with Crippen LogP contribution in [0.4, 0.5) is 11.4 Å². The van der Waals surface area contributed by atoms with Gasteiger partial charge in [-0.2, -0.15) is 4.58 Å². The highest BCUT2D eigenvalue weighted by Crippen LogP contribution is 2.47.